The summed E-state index contributed by atoms with van der Waals surface area (Å²) in [5.41, 5.74) is 2.01. The molecule has 2 aliphatic rings. The van der Waals surface area contributed by atoms with Gasteiger partial charge in [-0.05, 0) is 39.5 Å². The second-order valence-corrected chi connectivity index (χ2v) is 6.87. The van der Waals surface area contributed by atoms with Gasteiger partial charge in [0, 0.05) is 32.4 Å². The molecule has 1 aromatic rings. The minimum atomic E-state index is 0.0513. The summed E-state index contributed by atoms with van der Waals surface area (Å²) >= 11 is 6.19. The van der Waals surface area contributed by atoms with E-state index in [2.05, 4.69) is 10.4 Å². The minimum Gasteiger partial charge on any atom is -0.381 e. The van der Waals surface area contributed by atoms with Crippen LogP contribution in [-0.4, -0.2) is 47.8 Å². The number of aromatic nitrogens is 2. The Kier molecular flexibility index (Phi) is 5.07. The quantitative estimate of drug-likeness (QED) is 0.923. The fraction of sp³-hybridized carbons (Fsp3) is 0.812. The van der Waals surface area contributed by atoms with Gasteiger partial charge in [-0.15, -0.1) is 0 Å². The van der Waals surface area contributed by atoms with Crippen LogP contribution in [0.5, 0.6) is 0 Å². The fourth-order valence-electron chi connectivity index (χ4n) is 3.56. The van der Waals surface area contributed by atoms with Gasteiger partial charge in [0.15, 0.2) is 0 Å². The topological polar surface area (TPSA) is 48.3 Å². The number of aryl methyl sites for hydroxylation is 1. The molecule has 0 aromatic carbocycles. The maximum atomic E-state index is 6.19. The molecular weight excluding hydrogens is 302 g/mol. The average Bonchev–Trinajstić information content (AvgIpc) is 2.76. The van der Waals surface area contributed by atoms with Crippen molar-refractivity contribution >= 4 is 11.6 Å². The number of hydrogen-bond acceptors (Lipinski definition) is 4. The highest BCUT2D eigenvalue weighted by molar-refractivity contribution is 6.31. The van der Waals surface area contributed by atoms with Gasteiger partial charge in [-0.1, -0.05) is 11.6 Å². The van der Waals surface area contributed by atoms with E-state index < -0.39 is 0 Å². The van der Waals surface area contributed by atoms with Crippen LogP contribution < -0.4 is 5.32 Å². The van der Waals surface area contributed by atoms with Crippen molar-refractivity contribution in [3.8, 4) is 0 Å². The summed E-state index contributed by atoms with van der Waals surface area (Å²) in [5, 5.41) is 8.94. The molecule has 1 spiro atoms. The molecule has 1 atom stereocenters. The minimum absolute atomic E-state index is 0.0513. The summed E-state index contributed by atoms with van der Waals surface area (Å²) in [5.74, 6) is 0. The number of halogens is 1. The van der Waals surface area contributed by atoms with Crippen molar-refractivity contribution in [3.63, 3.8) is 0 Å². The molecule has 124 valence electrons. The summed E-state index contributed by atoms with van der Waals surface area (Å²) in [6.07, 6.45) is 4.23. The Morgan fingerprint density at radius 2 is 2.09 bits per heavy atom. The van der Waals surface area contributed by atoms with Crippen LogP contribution in [0.25, 0.3) is 0 Å². The van der Waals surface area contributed by atoms with E-state index in [-0.39, 0.29) is 5.60 Å². The van der Waals surface area contributed by atoms with Crippen LogP contribution in [0.15, 0.2) is 0 Å². The van der Waals surface area contributed by atoms with Gasteiger partial charge in [0.05, 0.1) is 28.6 Å². The van der Waals surface area contributed by atoms with E-state index in [9.17, 15) is 0 Å². The first kappa shape index (κ1) is 16.2. The third-order valence-corrected chi connectivity index (χ3v) is 5.49. The molecule has 3 rings (SSSR count). The lowest BCUT2D eigenvalue weighted by Crippen LogP contribution is -2.50. The molecule has 3 heterocycles. The number of nitrogens with one attached hydrogen (secondary N) is 1. The van der Waals surface area contributed by atoms with Gasteiger partial charge in [0.2, 0.25) is 0 Å². The predicted octanol–water partition coefficient (Wildman–Crippen LogP) is 2.47. The SMILES string of the molecule is Cc1nn(CCNC2CCOC3(CCOCC3)C2)c(C)c1Cl. The molecule has 0 bridgehead atoms. The molecule has 1 unspecified atom stereocenters. The molecule has 6 heteroatoms. The van der Waals surface area contributed by atoms with E-state index in [4.69, 9.17) is 21.1 Å². The van der Waals surface area contributed by atoms with E-state index in [1.165, 1.54) is 0 Å². The number of rotatable bonds is 4. The lowest BCUT2D eigenvalue weighted by molar-refractivity contribution is -0.140. The number of hydrogen-bond donors (Lipinski definition) is 1. The molecule has 0 amide bonds. The third-order valence-electron chi connectivity index (χ3n) is 4.95. The van der Waals surface area contributed by atoms with Crippen molar-refractivity contribution in [1.82, 2.24) is 15.1 Å². The van der Waals surface area contributed by atoms with Crippen LogP contribution in [0.2, 0.25) is 5.02 Å². The van der Waals surface area contributed by atoms with E-state index in [1.54, 1.807) is 0 Å². The molecule has 22 heavy (non-hydrogen) atoms. The average molecular weight is 328 g/mol. The van der Waals surface area contributed by atoms with Crippen LogP contribution in [0.4, 0.5) is 0 Å². The fourth-order valence-corrected chi connectivity index (χ4v) is 3.70. The van der Waals surface area contributed by atoms with Gasteiger partial charge in [0.25, 0.3) is 0 Å². The third kappa shape index (κ3) is 3.48. The maximum Gasteiger partial charge on any atom is 0.0844 e. The van der Waals surface area contributed by atoms with Crippen LogP contribution >= 0.6 is 11.6 Å². The van der Waals surface area contributed by atoms with Gasteiger partial charge in [-0.25, -0.2) is 0 Å². The summed E-state index contributed by atoms with van der Waals surface area (Å²) in [6.45, 7) is 8.25. The Balaban J connectivity index is 1.50. The van der Waals surface area contributed by atoms with Crippen molar-refractivity contribution in [1.29, 1.82) is 0 Å². The van der Waals surface area contributed by atoms with E-state index in [1.807, 2.05) is 18.5 Å². The van der Waals surface area contributed by atoms with Gasteiger partial charge in [0.1, 0.15) is 0 Å². The van der Waals surface area contributed by atoms with E-state index >= 15 is 0 Å². The van der Waals surface area contributed by atoms with Crippen LogP contribution in [-0.2, 0) is 16.0 Å². The van der Waals surface area contributed by atoms with Crippen LogP contribution in [0.1, 0.15) is 37.1 Å². The normalized spacial score (nSPS) is 24.8. The Hall–Kier alpha value is -0.620. The van der Waals surface area contributed by atoms with E-state index in [0.29, 0.717) is 6.04 Å². The smallest absolute Gasteiger partial charge is 0.0844 e. The van der Waals surface area contributed by atoms with Crippen molar-refractivity contribution in [3.05, 3.63) is 16.4 Å². The predicted molar refractivity (Wildman–Crippen MR) is 86.5 cm³/mol. The summed E-state index contributed by atoms with van der Waals surface area (Å²) < 4.78 is 13.6. The molecule has 2 aliphatic heterocycles. The molecule has 0 radical (unpaired) electrons. The van der Waals surface area contributed by atoms with Crippen molar-refractivity contribution in [2.45, 2.75) is 57.7 Å². The zero-order chi connectivity index (χ0) is 15.6. The largest absolute Gasteiger partial charge is 0.381 e. The van der Waals surface area contributed by atoms with E-state index in [0.717, 1.165) is 75.0 Å². The Bertz CT molecular complexity index is 506. The maximum absolute atomic E-state index is 6.19. The lowest BCUT2D eigenvalue weighted by atomic mass is 9.84. The molecule has 0 aliphatic carbocycles. The number of ether oxygens (including phenoxy) is 2. The second kappa shape index (κ2) is 6.87. The highest BCUT2D eigenvalue weighted by atomic mass is 35.5. The first-order valence-electron chi connectivity index (χ1n) is 8.24. The summed E-state index contributed by atoms with van der Waals surface area (Å²) in [6, 6.07) is 0.527. The highest BCUT2D eigenvalue weighted by Crippen LogP contribution is 2.34. The van der Waals surface area contributed by atoms with Gasteiger partial charge in [-0.2, -0.15) is 5.10 Å². The Morgan fingerprint density at radius 3 is 2.77 bits per heavy atom. The molecule has 2 saturated heterocycles. The van der Waals surface area contributed by atoms with Gasteiger partial charge < -0.3 is 14.8 Å². The van der Waals surface area contributed by atoms with Crippen molar-refractivity contribution < 1.29 is 9.47 Å². The second-order valence-electron chi connectivity index (χ2n) is 6.50. The van der Waals surface area contributed by atoms with Crippen molar-refractivity contribution in [2.24, 2.45) is 0 Å². The summed E-state index contributed by atoms with van der Waals surface area (Å²) in [4.78, 5) is 0. The Morgan fingerprint density at radius 1 is 1.32 bits per heavy atom. The van der Waals surface area contributed by atoms with Crippen LogP contribution in [0.3, 0.4) is 0 Å². The van der Waals surface area contributed by atoms with Gasteiger partial charge in [-0.3, -0.25) is 4.68 Å². The first-order chi connectivity index (χ1) is 10.6. The Labute approximate surface area is 137 Å². The molecular formula is C16H26ClN3O2. The van der Waals surface area contributed by atoms with Crippen molar-refractivity contribution in [2.75, 3.05) is 26.4 Å². The van der Waals surface area contributed by atoms with Gasteiger partial charge >= 0.3 is 0 Å². The highest BCUT2D eigenvalue weighted by Gasteiger charge is 2.38. The first-order valence-corrected chi connectivity index (χ1v) is 8.62. The zero-order valence-corrected chi connectivity index (χ0v) is 14.3. The summed E-state index contributed by atoms with van der Waals surface area (Å²) in [7, 11) is 0. The van der Waals surface area contributed by atoms with Crippen LogP contribution in [0, 0.1) is 13.8 Å². The number of nitrogens with zero attached hydrogens (tertiary/aromatic N) is 2. The zero-order valence-electron chi connectivity index (χ0n) is 13.5. The molecule has 1 N–H and O–H groups in total. The molecule has 1 aromatic heterocycles. The molecule has 0 saturated carbocycles. The molecule has 2 fully saturated rings. The molecule has 5 nitrogen and oxygen atoms in total. The standard InChI is InChI=1S/C16H26ClN3O2/c1-12-15(17)13(2)20(19-12)7-6-18-14-3-8-22-16(11-14)4-9-21-10-5-16/h14,18H,3-11H2,1-2H3. The lowest BCUT2D eigenvalue weighted by Gasteiger charge is -2.43. The monoisotopic (exact) mass is 327 g/mol.